The number of rotatable bonds is 2. The molecule has 0 saturated heterocycles. The first-order valence-corrected chi connectivity index (χ1v) is 6.80. The van der Waals surface area contributed by atoms with Gasteiger partial charge in [-0.15, -0.1) is 11.3 Å². The number of para-hydroxylation sites is 2. The van der Waals surface area contributed by atoms with Gasteiger partial charge >= 0.3 is 0 Å². The first-order chi connectivity index (χ1) is 8.72. The highest BCUT2D eigenvalue weighted by molar-refractivity contribution is 7.12. The number of thiophene rings is 1. The van der Waals surface area contributed by atoms with Gasteiger partial charge in [0, 0.05) is 9.75 Å². The summed E-state index contributed by atoms with van der Waals surface area (Å²) in [6.45, 7) is 2.08. The van der Waals surface area contributed by atoms with E-state index in [1.807, 2.05) is 30.3 Å². The molecule has 0 aliphatic heterocycles. The van der Waals surface area contributed by atoms with Crippen molar-refractivity contribution in [3.8, 4) is 0 Å². The summed E-state index contributed by atoms with van der Waals surface area (Å²) in [5.74, 6) is 0.712. The van der Waals surface area contributed by atoms with Crippen molar-refractivity contribution < 1.29 is 0 Å². The Balaban J connectivity index is 2.01. The summed E-state index contributed by atoms with van der Waals surface area (Å²) in [6, 6.07) is 12.0. The number of nitrogens with zero attached hydrogens (tertiary/aromatic N) is 1. The van der Waals surface area contributed by atoms with Gasteiger partial charge in [-0.3, -0.25) is 0 Å². The molecule has 18 heavy (non-hydrogen) atoms. The van der Waals surface area contributed by atoms with E-state index >= 15 is 0 Å². The van der Waals surface area contributed by atoms with Crippen LogP contribution in [0.3, 0.4) is 0 Å². The fourth-order valence-corrected chi connectivity index (χ4v) is 2.88. The second-order valence-electron chi connectivity index (χ2n) is 4.04. The maximum atomic E-state index is 6.30. The predicted octanol–water partition coefficient (Wildman–Crippen LogP) is 4.67. The van der Waals surface area contributed by atoms with Crippen LogP contribution >= 0.6 is 22.9 Å². The van der Waals surface area contributed by atoms with Gasteiger partial charge in [-0.05, 0) is 37.3 Å². The van der Waals surface area contributed by atoms with E-state index in [4.69, 9.17) is 11.6 Å². The largest absolute Gasteiger partial charge is 0.337 e. The molecule has 3 aromatic rings. The Kier molecular flexibility index (Phi) is 2.94. The van der Waals surface area contributed by atoms with E-state index in [-0.39, 0.29) is 0 Å². The third kappa shape index (κ3) is 2.19. The van der Waals surface area contributed by atoms with Crippen LogP contribution in [0.15, 0.2) is 36.4 Å². The van der Waals surface area contributed by atoms with Gasteiger partial charge in [-0.25, -0.2) is 4.98 Å². The molecule has 0 aliphatic carbocycles. The van der Waals surface area contributed by atoms with Crippen LogP contribution in [0.25, 0.3) is 22.1 Å². The second-order valence-corrected chi connectivity index (χ2v) is 5.77. The Morgan fingerprint density at radius 2 is 2.11 bits per heavy atom. The average Bonchev–Trinajstić information content (AvgIpc) is 2.95. The van der Waals surface area contributed by atoms with Crippen molar-refractivity contribution in [1.82, 2.24) is 9.97 Å². The Morgan fingerprint density at radius 3 is 2.83 bits per heavy atom. The van der Waals surface area contributed by atoms with Crippen molar-refractivity contribution in [2.45, 2.75) is 6.92 Å². The highest BCUT2D eigenvalue weighted by Gasteiger charge is 2.06. The summed E-state index contributed by atoms with van der Waals surface area (Å²) < 4.78 is 0. The highest BCUT2D eigenvalue weighted by atomic mass is 35.5. The molecule has 0 fully saturated rings. The van der Waals surface area contributed by atoms with Gasteiger partial charge in [0.2, 0.25) is 0 Å². The number of hydrogen-bond donors (Lipinski definition) is 1. The summed E-state index contributed by atoms with van der Waals surface area (Å²) in [6.07, 6.45) is 1.94. The number of nitrogens with one attached hydrogen (secondary N) is 1. The number of H-pyrrole nitrogens is 1. The molecule has 0 saturated carbocycles. The Bertz CT molecular complexity index is 691. The molecule has 3 rings (SSSR count). The molecule has 90 valence electrons. The topological polar surface area (TPSA) is 28.7 Å². The Labute approximate surface area is 114 Å². The molecule has 2 nitrogen and oxygen atoms in total. The number of aromatic nitrogens is 2. The first kappa shape index (κ1) is 11.5. The normalized spacial score (nSPS) is 12.2. The molecule has 0 unspecified atom stereocenters. The van der Waals surface area contributed by atoms with Crippen molar-refractivity contribution in [3.63, 3.8) is 0 Å². The fraction of sp³-hybridized carbons (Fsp3) is 0.0714. The van der Waals surface area contributed by atoms with Crippen LogP contribution in [-0.2, 0) is 0 Å². The molecule has 2 aromatic heterocycles. The number of imidazole rings is 1. The van der Waals surface area contributed by atoms with Crippen LogP contribution < -0.4 is 0 Å². The van der Waals surface area contributed by atoms with Crippen molar-refractivity contribution in [2.75, 3.05) is 0 Å². The number of benzene rings is 1. The van der Waals surface area contributed by atoms with Crippen molar-refractivity contribution >= 4 is 45.1 Å². The summed E-state index contributed by atoms with van der Waals surface area (Å²) in [7, 11) is 0. The highest BCUT2D eigenvalue weighted by Crippen LogP contribution is 2.25. The zero-order valence-corrected chi connectivity index (χ0v) is 11.3. The summed E-state index contributed by atoms with van der Waals surface area (Å²) in [5.41, 5.74) is 1.93. The van der Waals surface area contributed by atoms with Crippen LogP contribution in [0.5, 0.6) is 0 Å². The lowest BCUT2D eigenvalue weighted by Gasteiger charge is -1.91. The minimum Gasteiger partial charge on any atom is -0.337 e. The fourth-order valence-electron chi connectivity index (χ4n) is 1.79. The van der Waals surface area contributed by atoms with Gasteiger partial charge in [0.25, 0.3) is 0 Å². The van der Waals surface area contributed by atoms with Crippen molar-refractivity contribution in [1.29, 1.82) is 0 Å². The summed E-state index contributed by atoms with van der Waals surface area (Å²) in [4.78, 5) is 10.1. The van der Waals surface area contributed by atoms with E-state index in [0.717, 1.165) is 15.9 Å². The minimum atomic E-state index is 0.632. The second kappa shape index (κ2) is 4.59. The Hall–Kier alpha value is -1.58. The van der Waals surface area contributed by atoms with Gasteiger partial charge in [-0.2, -0.15) is 0 Å². The number of aryl methyl sites for hydroxylation is 1. The quantitative estimate of drug-likeness (QED) is 0.723. The lowest BCUT2D eigenvalue weighted by Crippen LogP contribution is -1.78. The van der Waals surface area contributed by atoms with Gasteiger partial charge in [0.15, 0.2) is 0 Å². The summed E-state index contributed by atoms with van der Waals surface area (Å²) in [5, 5.41) is 0.632. The van der Waals surface area contributed by atoms with E-state index < -0.39 is 0 Å². The van der Waals surface area contributed by atoms with Gasteiger partial charge in [0.05, 0.1) is 16.1 Å². The van der Waals surface area contributed by atoms with Crippen LogP contribution in [-0.4, -0.2) is 9.97 Å². The molecule has 0 radical (unpaired) electrons. The first-order valence-electron chi connectivity index (χ1n) is 5.61. The average molecular weight is 275 g/mol. The lowest BCUT2D eigenvalue weighted by molar-refractivity contribution is 1.29. The van der Waals surface area contributed by atoms with E-state index in [1.54, 1.807) is 11.3 Å². The zero-order valence-electron chi connectivity index (χ0n) is 9.77. The lowest BCUT2D eigenvalue weighted by atomic mass is 10.3. The molecule has 2 heterocycles. The molecule has 0 aliphatic rings. The Morgan fingerprint density at radius 1 is 1.28 bits per heavy atom. The molecular weight excluding hydrogens is 264 g/mol. The van der Waals surface area contributed by atoms with Crippen LogP contribution in [0, 0.1) is 6.92 Å². The third-order valence-electron chi connectivity index (χ3n) is 2.65. The van der Waals surface area contributed by atoms with Crippen molar-refractivity contribution in [3.05, 3.63) is 52.0 Å². The van der Waals surface area contributed by atoms with E-state index in [9.17, 15) is 0 Å². The SMILES string of the molecule is Cc1ccc(/C=C(\Cl)c2nc3ccccc3[nH]2)s1. The van der Waals surface area contributed by atoms with Gasteiger partial charge in [0.1, 0.15) is 5.82 Å². The smallest absolute Gasteiger partial charge is 0.150 e. The van der Waals surface area contributed by atoms with Crippen molar-refractivity contribution in [2.24, 2.45) is 0 Å². The maximum absolute atomic E-state index is 6.30. The van der Waals surface area contributed by atoms with E-state index in [0.29, 0.717) is 10.9 Å². The molecule has 0 spiro atoms. The monoisotopic (exact) mass is 274 g/mol. The molecule has 1 aromatic carbocycles. The molecule has 0 amide bonds. The molecule has 1 N–H and O–H groups in total. The standard InChI is InChI=1S/C14H11ClN2S/c1-9-6-7-10(18-9)8-11(15)14-16-12-4-2-3-5-13(12)17-14/h2-8H,1H3,(H,16,17)/b11-8-. The van der Waals surface area contributed by atoms with Gasteiger partial charge < -0.3 is 4.98 Å². The number of hydrogen-bond acceptors (Lipinski definition) is 2. The number of aromatic amines is 1. The molecular formula is C14H11ClN2S. The minimum absolute atomic E-state index is 0.632. The molecule has 0 atom stereocenters. The molecule has 4 heteroatoms. The van der Waals surface area contributed by atoms with E-state index in [1.165, 1.54) is 4.88 Å². The third-order valence-corrected chi connectivity index (χ3v) is 3.88. The summed E-state index contributed by atoms with van der Waals surface area (Å²) >= 11 is 8.01. The van der Waals surface area contributed by atoms with Crippen LogP contribution in [0.4, 0.5) is 0 Å². The maximum Gasteiger partial charge on any atom is 0.150 e. The van der Waals surface area contributed by atoms with Crippen LogP contribution in [0.2, 0.25) is 0 Å². The molecule has 0 bridgehead atoms. The van der Waals surface area contributed by atoms with E-state index in [2.05, 4.69) is 29.0 Å². The number of halogens is 1. The van der Waals surface area contributed by atoms with Crippen LogP contribution in [0.1, 0.15) is 15.6 Å². The number of fused-ring (bicyclic) bond motifs is 1. The predicted molar refractivity (Wildman–Crippen MR) is 78.9 cm³/mol. The van der Waals surface area contributed by atoms with Gasteiger partial charge in [-0.1, -0.05) is 23.7 Å². The zero-order chi connectivity index (χ0) is 12.5.